The molecule has 0 aliphatic rings. The summed E-state index contributed by atoms with van der Waals surface area (Å²) in [6.45, 7) is 2.56. The molecule has 20 heavy (non-hydrogen) atoms. The topological polar surface area (TPSA) is 55.1 Å². The molecule has 4 heteroatoms. The summed E-state index contributed by atoms with van der Waals surface area (Å²) >= 11 is 0. The molecule has 0 spiro atoms. The molecule has 0 fully saturated rings. The van der Waals surface area contributed by atoms with E-state index in [1.165, 1.54) is 11.8 Å². The van der Waals surface area contributed by atoms with E-state index in [-0.39, 0.29) is 5.69 Å². The van der Waals surface area contributed by atoms with Gasteiger partial charge in [0.1, 0.15) is 0 Å². The van der Waals surface area contributed by atoms with Crippen LogP contribution in [0.1, 0.15) is 21.6 Å². The Kier molecular flexibility index (Phi) is 2.99. The van der Waals surface area contributed by atoms with Crippen LogP contribution in [0.2, 0.25) is 0 Å². The normalized spacial score (nSPS) is 10.8. The van der Waals surface area contributed by atoms with E-state index in [9.17, 15) is 9.90 Å². The summed E-state index contributed by atoms with van der Waals surface area (Å²) < 4.78 is 2.04. The molecule has 0 saturated heterocycles. The van der Waals surface area contributed by atoms with E-state index in [0.29, 0.717) is 12.1 Å². The van der Waals surface area contributed by atoms with Gasteiger partial charge in [-0.1, -0.05) is 17.7 Å². The molecule has 0 radical (unpaired) electrons. The predicted octanol–water partition coefficient (Wildman–Crippen LogP) is 3.09. The number of hydrogen-bond acceptors (Lipinski definition) is 2. The van der Waals surface area contributed by atoms with Crippen LogP contribution in [0, 0.1) is 6.92 Å². The summed E-state index contributed by atoms with van der Waals surface area (Å²) in [5, 5.41) is 10.3. The van der Waals surface area contributed by atoms with Crippen LogP contribution in [0.15, 0.2) is 48.8 Å². The summed E-state index contributed by atoms with van der Waals surface area (Å²) in [5.41, 5.74) is 3.12. The van der Waals surface area contributed by atoms with Gasteiger partial charge in [0.2, 0.25) is 0 Å². The minimum atomic E-state index is -0.993. The number of benzene rings is 1. The van der Waals surface area contributed by atoms with Crippen molar-refractivity contribution in [3.63, 3.8) is 0 Å². The van der Waals surface area contributed by atoms with Crippen molar-refractivity contribution < 1.29 is 9.90 Å². The fourth-order valence-corrected chi connectivity index (χ4v) is 2.40. The first kappa shape index (κ1) is 12.4. The average molecular weight is 266 g/mol. The second kappa shape index (κ2) is 4.81. The molecule has 0 aliphatic carbocycles. The Hall–Kier alpha value is -2.62. The predicted molar refractivity (Wildman–Crippen MR) is 77.0 cm³/mol. The number of carboxylic acid groups (broad SMARTS) is 1. The van der Waals surface area contributed by atoms with Crippen molar-refractivity contribution in [2.24, 2.45) is 0 Å². The number of nitrogens with zero attached hydrogens (tertiary/aromatic N) is 2. The number of aromatic carboxylic acids is 1. The molecule has 0 unspecified atom stereocenters. The fourth-order valence-electron chi connectivity index (χ4n) is 2.40. The number of hydrogen-bond donors (Lipinski definition) is 1. The van der Waals surface area contributed by atoms with Crippen LogP contribution in [0.4, 0.5) is 0 Å². The third-order valence-electron chi connectivity index (χ3n) is 3.36. The first-order chi connectivity index (χ1) is 9.65. The van der Waals surface area contributed by atoms with Crippen molar-refractivity contribution in [3.8, 4) is 0 Å². The number of rotatable bonds is 3. The van der Waals surface area contributed by atoms with Gasteiger partial charge >= 0.3 is 5.97 Å². The van der Waals surface area contributed by atoms with E-state index in [4.69, 9.17) is 0 Å². The molecule has 0 saturated carbocycles. The summed E-state index contributed by atoms with van der Waals surface area (Å²) in [6, 6.07) is 11.8. The van der Waals surface area contributed by atoms with Crippen LogP contribution >= 0.6 is 0 Å². The highest BCUT2D eigenvalue weighted by Crippen LogP contribution is 2.19. The first-order valence-electron chi connectivity index (χ1n) is 6.38. The van der Waals surface area contributed by atoms with Crippen LogP contribution in [0.5, 0.6) is 0 Å². The second-order valence-corrected chi connectivity index (χ2v) is 4.82. The average Bonchev–Trinajstić information content (AvgIpc) is 2.81. The molecule has 2 aromatic heterocycles. The number of pyridine rings is 1. The lowest BCUT2D eigenvalue weighted by molar-refractivity contribution is 0.0689. The highest BCUT2D eigenvalue weighted by atomic mass is 16.4. The van der Waals surface area contributed by atoms with Gasteiger partial charge in [-0.05, 0) is 36.6 Å². The van der Waals surface area contributed by atoms with E-state index in [2.05, 4.69) is 30.1 Å². The third kappa shape index (κ3) is 2.16. The number of carbonyl (C=O) groups is 1. The van der Waals surface area contributed by atoms with Crippen molar-refractivity contribution in [2.45, 2.75) is 13.5 Å². The van der Waals surface area contributed by atoms with E-state index >= 15 is 0 Å². The summed E-state index contributed by atoms with van der Waals surface area (Å²) in [5.74, 6) is -0.993. The van der Waals surface area contributed by atoms with Crippen molar-refractivity contribution >= 4 is 16.9 Å². The zero-order valence-electron chi connectivity index (χ0n) is 11.1. The highest BCUT2D eigenvalue weighted by Gasteiger charge is 2.12. The van der Waals surface area contributed by atoms with E-state index in [1.807, 2.05) is 16.8 Å². The number of aromatic nitrogens is 2. The molecule has 0 bridgehead atoms. The summed E-state index contributed by atoms with van der Waals surface area (Å²) in [6.07, 6.45) is 3.48. The van der Waals surface area contributed by atoms with Crippen LogP contribution in [-0.2, 0) is 6.54 Å². The van der Waals surface area contributed by atoms with Crippen molar-refractivity contribution in [3.05, 3.63) is 65.6 Å². The molecule has 0 atom stereocenters. The fraction of sp³-hybridized carbons (Fsp3) is 0.125. The lowest BCUT2D eigenvalue weighted by atomic mass is 10.1. The van der Waals surface area contributed by atoms with Crippen molar-refractivity contribution in [1.82, 2.24) is 9.55 Å². The molecule has 3 aromatic rings. The molecule has 2 heterocycles. The van der Waals surface area contributed by atoms with Gasteiger partial charge in [0.05, 0.1) is 0 Å². The largest absolute Gasteiger partial charge is 0.477 e. The lowest BCUT2D eigenvalue weighted by Crippen LogP contribution is -2.08. The molecule has 0 aliphatic heterocycles. The van der Waals surface area contributed by atoms with Crippen LogP contribution in [0.25, 0.3) is 10.9 Å². The van der Waals surface area contributed by atoms with Gasteiger partial charge in [0.15, 0.2) is 5.69 Å². The van der Waals surface area contributed by atoms with Crippen LogP contribution < -0.4 is 0 Å². The minimum Gasteiger partial charge on any atom is -0.477 e. The quantitative estimate of drug-likeness (QED) is 0.792. The maximum atomic E-state index is 11.2. The first-order valence-corrected chi connectivity index (χ1v) is 6.38. The number of aryl methyl sites for hydroxylation is 1. The molecular weight excluding hydrogens is 252 g/mol. The Labute approximate surface area is 116 Å². The van der Waals surface area contributed by atoms with Crippen LogP contribution in [0.3, 0.4) is 0 Å². The highest BCUT2D eigenvalue weighted by molar-refractivity contribution is 5.87. The Balaban J connectivity index is 2.04. The molecule has 100 valence electrons. The molecule has 1 aromatic carbocycles. The molecule has 4 nitrogen and oxygen atoms in total. The Morgan fingerprint density at radius 3 is 2.95 bits per heavy atom. The molecular formula is C16H14N2O2. The molecule has 1 N–H and O–H groups in total. The SMILES string of the molecule is Cc1ccc2c(ccn2Cc2cccnc2C(=O)O)c1. The standard InChI is InChI=1S/C16H14N2O2/c1-11-4-5-14-12(9-11)6-8-18(14)10-13-3-2-7-17-15(13)16(19)20/h2-9H,10H2,1H3,(H,19,20). The van der Waals surface area contributed by atoms with Crippen molar-refractivity contribution in [1.29, 1.82) is 0 Å². The third-order valence-corrected chi connectivity index (χ3v) is 3.36. The Morgan fingerprint density at radius 1 is 1.30 bits per heavy atom. The smallest absolute Gasteiger partial charge is 0.354 e. The van der Waals surface area contributed by atoms with Crippen molar-refractivity contribution in [2.75, 3.05) is 0 Å². The Morgan fingerprint density at radius 2 is 2.15 bits per heavy atom. The zero-order chi connectivity index (χ0) is 14.1. The molecule has 0 amide bonds. The Bertz CT molecular complexity index is 790. The minimum absolute atomic E-state index is 0.112. The van der Waals surface area contributed by atoms with Gasteiger partial charge < -0.3 is 9.67 Å². The maximum absolute atomic E-state index is 11.2. The van der Waals surface area contributed by atoms with E-state index < -0.39 is 5.97 Å². The van der Waals surface area contributed by atoms with Gasteiger partial charge in [-0.2, -0.15) is 0 Å². The van der Waals surface area contributed by atoms with Gasteiger partial charge in [-0.15, -0.1) is 0 Å². The monoisotopic (exact) mass is 266 g/mol. The lowest BCUT2D eigenvalue weighted by Gasteiger charge is -2.08. The van der Waals surface area contributed by atoms with Gasteiger partial charge in [0, 0.05) is 30.0 Å². The maximum Gasteiger partial charge on any atom is 0.354 e. The molecule has 3 rings (SSSR count). The zero-order valence-corrected chi connectivity index (χ0v) is 11.1. The van der Waals surface area contributed by atoms with Gasteiger partial charge in [-0.25, -0.2) is 9.78 Å². The number of carboxylic acids is 1. The number of fused-ring (bicyclic) bond motifs is 1. The van der Waals surface area contributed by atoms with E-state index in [1.54, 1.807) is 12.1 Å². The van der Waals surface area contributed by atoms with E-state index in [0.717, 1.165) is 10.9 Å². The van der Waals surface area contributed by atoms with Crippen LogP contribution in [-0.4, -0.2) is 20.6 Å². The summed E-state index contributed by atoms with van der Waals surface area (Å²) in [7, 11) is 0. The van der Waals surface area contributed by atoms with Gasteiger partial charge in [0.25, 0.3) is 0 Å². The summed E-state index contributed by atoms with van der Waals surface area (Å²) in [4.78, 5) is 15.1. The second-order valence-electron chi connectivity index (χ2n) is 4.82. The van der Waals surface area contributed by atoms with Gasteiger partial charge in [-0.3, -0.25) is 0 Å².